The summed E-state index contributed by atoms with van der Waals surface area (Å²) in [6, 6.07) is 11.0. The van der Waals surface area contributed by atoms with Gasteiger partial charge < -0.3 is 10.5 Å². The molecule has 3 rings (SSSR count). The average molecular weight is 427 g/mol. The quantitative estimate of drug-likeness (QED) is 0.716. The van der Waals surface area contributed by atoms with Crippen molar-refractivity contribution in [3.63, 3.8) is 0 Å². The first-order valence-corrected chi connectivity index (χ1v) is 9.22. The number of hydrogen-bond donors (Lipinski definition) is 1. The van der Waals surface area contributed by atoms with Crippen LogP contribution in [0.5, 0.6) is 0 Å². The molecular formula is C20H18ClF3N2O3. The molecule has 0 bridgehead atoms. The lowest BCUT2D eigenvalue weighted by atomic mass is 10.0. The van der Waals surface area contributed by atoms with Crippen LogP contribution in [0.2, 0.25) is 5.02 Å². The third-order valence-electron chi connectivity index (χ3n) is 4.67. The minimum absolute atomic E-state index is 0.0241. The van der Waals surface area contributed by atoms with Gasteiger partial charge in [-0.05, 0) is 36.1 Å². The summed E-state index contributed by atoms with van der Waals surface area (Å²) in [4.78, 5) is 25.7. The molecule has 9 heteroatoms. The van der Waals surface area contributed by atoms with Gasteiger partial charge in [0.2, 0.25) is 5.91 Å². The van der Waals surface area contributed by atoms with Crippen molar-refractivity contribution in [2.24, 2.45) is 0 Å². The summed E-state index contributed by atoms with van der Waals surface area (Å²) in [5.74, 6) is -0.519. The first kappa shape index (κ1) is 21.0. The molecule has 1 unspecified atom stereocenters. The van der Waals surface area contributed by atoms with Gasteiger partial charge in [0.05, 0.1) is 22.3 Å². The highest BCUT2D eigenvalue weighted by Gasteiger charge is 2.38. The molecule has 5 nitrogen and oxygen atoms in total. The van der Waals surface area contributed by atoms with Crippen molar-refractivity contribution in [1.82, 2.24) is 4.90 Å². The van der Waals surface area contributed by atoms with Crippen LogP contribution in [0.1, 0.15) is 23.1 Å². The predicted octanol–water partition coefficient (Wildman–Crippen LogP) is 4.46. The van der Waals surface area contributed by atoms with Gasteiger partial charge in [0.15, 0.2) is 0 Å². The number of amides is 2. The van der Waals surface area contributed by atoms with Gasteiger partial charge in [-0.15, -0.1) is 0 Å². The van der Waals surface area contributed by atoms with Crippen molar-refractivity contribution in [2.45, 2.75) is 31.5 Å². The van der Waals surface area contributed by atoms with Crippen molar-refractivity contribution >= 4 is 29.3 Å². The van der Waals surface area contributed by atoms with Gasteiger partial charge in [-0.3, -0.25) is 4.79 Å². The van der Waals surface area contributed by atoms with Gasteiger partial charge in [0, 0.05) is 6.42 Å². The van der Waals surface area contributed by atoms with Gasteiger partial charge in [-0.25, -0.2) is 9.69 Å². The minimum atomic E-state index is -4.66. The summed E-state index contributed by atoms with van der Waals surface area (Å²) in [7, 11) is 0. The molecule has 1 saturated heterocycles. The van der Waals surface area contributed by atoms with Crippen LogP contribution in [0.15, 0.2) is 42.5 Å². The number of aryl methyl sites for hydroxylation is 1. The van der Waals surface area contributed by atoms with E-state index in [0.717, 1.165) is 16.5 Å². The third-order valence-corrected chi connectivity index (χ3v) is 4.98. The summed E-state index contributed by atoms with van der Waals surface area (Å²) in [5.41, 5.74) is 4.96. The molecule has 29 heavy (non-hydrogen) atoms. The number of hydrogen-bond acceptors (Lipinski definition) is 4. The number of ether oxygens (including phenoxy) is 1. The maximum absolute atomic E-state index is 13.1. The van der Waals surface area contributed by atoms with Crippen LogP contribution < -0.4 is 5.73 Å². The fraction of sp³-hybridized carbons (Fsp3) is 0.300. The maximum Gasteiger partial charge on any atom is 0.418 e. The normalized spacial score (nSPS) is 16.8. The molecule has 154 valence electrons. The van der Waals surface area contributed by atoms with E-state index in [1.54, 1.807) is 0 Å². The van der Waals surface area contributed by atoms with Crippen LogP contribution in [-0.4, -0.2) is 29.5 Å². The first-order valence-electron chi connectivity index (χ1n) is 8.84. The molecule has 1 aliphatic rings. The second-order valence-electron chi connectivity index (χ2n) is 6.72. The van der Waals surface area contributed by atoms with E-state index in [1.807, 2.05) is 30.3 Å². The van der Waals surface area contributed by atoms with Gasteiger partial charge in [-0.1, -0.05) is 41.9 Å². The van der Waals surface area contributed by atoms with Crippen molar-refractivity contribution in [1.29, 1.82) is 0 Å². The number of nitrogens with zero attached hydrogens (tertiary/aromatic N) is 1. The molecule has 1 heterocycles. The Morgan fingerprint density at radius 3 is 2.55 bits per heavy atom. The monoisotopic (exact) mass is 426 g/mol. The van der Waals surface area contributed by atoms with E-state index in [2.05, 4.69) is 0 Å². The summed E-state index contributed by atoms with van der Waals surface area (Å²) >= 11 is 5.81. The van der Waals surface area contributed by atoms with Crippen LogP contribution in [-0.2, 0) is 28.5 Å². The summed E-state index contributed by atoms with van der Waals surface area (Å²) < 4.78 is 44.3. The topological polar surface area (TPSA) is 72.6 Å². The van der Waals surface area contributed by atoms with E-state index in [1.165, 1.54) is 6.07 Å². The molecule has 1 fully saturated rings. The van der Waals surface area contributed by atoms with Crippen molar-refractivity contribution in [3.8, 4) is 0 Å². The van der Waals surface area contributed by atoms with Crippen molar-refractivity contribution in [3.05, 3.63) is 64.2 Å². The smallest absolute Gasteiger partial charge is 0.418 e. The second kappa shape index (κ2) is 8.32. The Morgan fingerprint density at radius 1 is 1.21 bits per heavy atom. The minimum Gasteiger partial charge on any atom is -0.447 e. The zero-order chi connectivity index (χ0) is 21.2. The lowest BCUT2D eigenvalue weighted by Gasteiger charge is -2.20. The van der Waals surface area contributed by atoms with Crippen molar-refractivity contribution in [2.75, 3.05) is 12.3 Å². The van der Waals surface area contributed by atoms with Crippen LogP contribution in [0.3, 0.4) is 0 Å². The number of cyclic esters (lactones) is 1. The van der Waals surface area contributed by atoms with E-state index >= 15 is 0 Å². The largest absolute Gasteiger partial charge is 0.447 e. The van der Waals surface area contributed by atoms with Gasteiger partial charge in [0.1, 0.15) is 6.61 Å². The number of carbonyl (C=O) groups is 2. The third kappa shape index (κ3) is 4.82. The number of carbonyl (C=O) groups excluding carboxylic acids is 2. The zero-order valence-corrected chi connectivity index (χ0v) is 16.0. The molecule has 0 aliphatic carbocycles. The van der Waals surface area contributed by atoms with E-state index in [-0.39, 0.29) is 30.0 Å². The molecule has 0 spiro atoms. The summed E-state index contributed by atoms with van der Waals surface area (Å²) in [6.45, 7) is 0.0748. The molecule has 2 N–H and O–H groups in total. The van der Waals surface area contributed by atoms with E-state index in [4.69, 9.17) is 22.1 Å². The van der Waals surface area contributed by atoms with Crippen LogP contribution in [0, 0.1) is 0 Å². The number of anilines is 1. The van der Waals surface area contributed by atoms with Gasteiger partial charge in [-0.2, -0.15) is 13.2 Å². The molecule has 0 radical (unpaired) electrons. The molecule has 2 aromatic rings. The van der Waals surface area contributed by atoms with Crippen LogP contribution in [0.25, 0.3) is 0 Å². The maximum atomic E-state index is 13.1. The highest BCUT2D eigenvalue weighted by Crippen LogP contribution is 2.38. The highest BCUT2D eigenvalue weighted by atomic mass is 35.5. The number of halogens is 4. The number of imide groups is 1. The number of alkyl halides is 3. The molecule has 2 aromatic carbocycles. The Hall–Kier alpha value is -2.74. The second-order valence-corrected chi connectivity index (χ2v) is 7.13. The number of benzene rings is 2. The molecule has 2 amide bonds. The van der Waals surface area contributed by atoms with E-state index in [9.17, 15) is 22.8 Å². The zero-order valence-electron chi connectivity index (χ0n) is 15.2. The van der Waals surface area contributed by atoms with E-state index in [0.29, 0.717) is 6.42 Å². The summed E-state index contributed by atoms with van der Waals surface area (Å²) in [5, 5.41) is -0.232. The Labute approximate surface area is 170 Å². The van der Waals surface area contributed by atoms with Crippen LogP contribution >= 0.6 is 11.6 Å². The fourth-order valence-electron chi connectivity index (χ4n) is 3.23. The van der Waals surface area contributed by atoms with Crippen LogP contribution in [0.4, 0.5) is 23.7 Å². The Balaban J connectivity index is 1.71. The van der Waals surface area contributed by atoms with Gasteiger partial charge in [0.25, 0.3) is 0 Å². The summed E-state index contributed by atoms with van der Waals surface area (Å²) in [6.07, 6.45) is -5.17. The molecule has 1 atom stereocenters. The fourth-order valence-corrected chi connectivity index (χ4v) is 3.47. The predicted molar refractivity (Wildman–Crippen MR) is 101 cm³/mol. The number of rotatable bonds is 5. The van der Waals surface area contributed by atoms with E-state index < -0.39 is 35.5 Å². The Kier molecular flexibility index (Phi) is 6.02. The molecule has 0 aromatic heterocycles. The molecule has 0 saturated carbocycles. The highest BCUT2D eigenvalue weighted by molar-refractivity contribution is 6.33. The van der Waals surface area contributed by atoms with Crippen molar-refractivity contribution < 1.29 is 27.5 Å². The Morgan fingerprint density at radius 2 is 1.90 bits per heavy atom. The number of nitrogen functional groups attached to an aromatic ring is 1. The average Bonchev–Trinajstić information content (AvgIpc) is 3.02. The lowest BCUT2D eigenvalue weighted by molar-refractivity contribution is -0.137. The lowest BCUT2D eigenvalue weighted by Crippen LogP contribution is -2.40. The Bertz CT molecular complexity index is 919. The van der Waals surface area contributed by atoms with Gasteiger partial charge >= 0.3 is 12.3 Å². The molecular weight excluding hydrogens is 409 g/mol. The molecule has 1 aliphatic heterocycles. The first-order chi connectivity index (χ1) is 13.7. The number of nitrogens with two attached hydrogens (primary N) is 1. The SMILES string of the molecule is Nc1c(Cl)cc(CCC(=O)N2C(=O)OCC2Cc2ccccc2)cc1C(F)(F)F. The standard InChI is InChI=1S/C20H18ClF3N2O3/c21-16-10-13(9-15(18(16)25)20(22,23)24)6-7-17(27)26-14(11-29-19(26)28)8-12-4-2-1-3-5-12/h1-5,9-10,14H,6-8,11,25H2.